The molecule has 2 heteroatoms. The Kier molecular flexibility index (Phi) is 5.75. The van der Waals surface area contributed by atoms with Crippen molar-refractivity contribution in [3.8, 4) is 0 Å². The maximum absolute atomic E-state index is 11.2. The third kappa shape index (κ3) is 4.69. The first-order valence-corrected chi connectivity index (χ1v) is 6.90. The van der Waals surface area contributed by atoms with Gasteiger partial charge in [0.25, 0.3) is 0 Å². The summed E-state index contributed by atoms with van der Waals surface area (Å²) in [7, 11) is 0. The fraction of sp³-hybridized carbons (Fsp3) is 0.389. The van der Waals surface area contributed by atoms with Gasteiger partial charge in [-0.05, 0) is 29.9 Å². The van der Waals surface area contributed by atoms with E-state index in [4.69, 9.17) is 4.74 Å². The summed E-state index contributed by atoms with van der Waals surface area (Å²) >= 11 is 0. The fourth-order valence-electron chi connectivity index (χ4n) is 2.19. The third-order valence-corrected chi connectivity index (χ3v) is 3.52. The standard InChI is InChI=1S/C18H24O2/c1-6-10-17(20-15(3)19)14(2)18(4,5)13-16-11-8-7-9-12-16/h6-9,11-12H,1,10,13H2,2-5H3/b17-14-. The van der Waals surface area contributed by atoms with Crippen molar-refractivity contribution in [2.75, 3.05) is 0 Å². The van der Waals surface area contributed by atoms with Crippen molar-refractivity contribution in [3.05, 3.63) is 59.9 Å². The molecule has 0 aliphatic heterocycles. The van der Waals surface area contributed by atoms with Crippen molar-refractivity contribution in [2.24, 2.45) is 5.41 Å². The predicted octanol–water partition coefficient (Wildman–Crippen LogP) is 4.67. The van der Waals surface area contributed by atoms with Crippen molar-refractivity contribution in [1.29, 1.82) is 0 Å². The average molecular weight is 272 g/mol. The molecule has 0 spiro atoms. The van der Waals surface area contributed by atoms with Crippen molar-refractivity contribution >= 4 is 5.97 Å². The van der Waals surface area contributed by atoms with Crippen LogP contribution in [0.4, 0.5) is 0 Å². The van der Waals surface area contributed by atoms with E-state index in [9.17, 15) is 4.79 Å². The highest BCUT2D eigenvalue weighted by Crippen LogP contribution is 2.33. The molecule has 0 aromatic heterocycles. The first kappa shape index (κ1) is 16.2. The number of carbonyl (C=O) groups excluding carboxylic acids is 1. The molecule has 0 fully saturated rings. The molecule has 0 atom stereocenters. The maximum atomic E-state index is 11.2. The molecule has 1 aromatic rings. The Labute approximate surface area is 122 Å². The summed E-state index contributed by atoms with van der Waals surface area (Å²) in [5.41, 5.74) is 2.30. The molecule has 0 saturated heterocycles. The van der Waals surface area contributed by atoms with Crippen LogP contribution in [0.5, 0.6) is 0 Å². The molecule has 0 bridgehead atoms. The highest BCUT2D eigenvalue weighted by atomic mass is 16.5. The van der Waals surface area contributed by atoms with Crippen LogP contribution in [0.2, 0.25) is 0 Å². The van der Waals surface area contributed by atoms with Crippen LogP contribution in [0, 0.1) is 5.41 Å². The summed E-state index contributed by atoms with van der Waals surface area (Å²) < 4.78 is 5.35. The molecular formula is C18H24O2. The van der Waals surface area contributed by atoms with E-state index in [0.717, 1.165) is 12.0 Å². The second-order valence-corrected chi connectivity index (χ2v) is 5.68. The maximum Gasteiger partial charge on any atom is 0.307 e. The van der Waals surface area contributed by atoms with Crippen molar-refractivity contribution < 1.29 is 9.53 Å². The van der Waals surface area contributed by atoms with Gasteiger partial charge in [-0.3, -0.25) is 4.79 Å². The highest BCUT2D eigenvalue weighted by Gasteiger charge is 2.24. The summed E-state index contributed by atoms with van der Waals surface area (Å²) in [6.07, 6.45) is 3.24. The first-order chi connectivity index (χ1) is 9.36. The Hall–Kier alpha value is -1.83. The van der Waals surface area contributed by atoms with Gasteiger partial charge in [-0.25, -0.2) is 0 Å². The lowest BCUT2D eigenvalue weighted by Crippen LogP contribution is -2.19. The Morgan fingerprint density at radius 1 is 1.25 bits per heavy atom. The van der Waals surface area contributed by atoms with Gasteiger partial charge in [-0.1, -0.05) is 50.3 Å². The van der Waals surface area contributed by atoms with Gasteiger partial charge in [0, 0.05) is 13.3 Å². The number of benzene rings is 1. The number of allylic oxidation sites excluding steroid dienone is 2. The lowest BCUT2D eigenvalue weighted by atomic mass is 9.78. The second-order valence-electron chi connectivity index (χ2n) is 5.68. The van der Waals surface area contributed by atoms with Crippen molar-refractivity contribution in [3.63, 3.8) is 0 Å². The Bertz CT molecular complexity index is 495. The summed E-state index contributed by atoms with van der Waals surface area (Å²) in [4.78, 5) is 11.2. The van der Waals surface area contributed by atoms with Gasteiger partial charge in [-0.2, -0.15) is 0 Å². The number of rotatable bonds is 6. The van der Waals surface area contributed by atoms with Gasteiger partial charge in [0.1, 0.15) is 5.76 Å². The lowest BCUT2D eigenvalue weighted by Gasteiger charge is -2.28. The Morgan fingerprint density at radius 2 is 1.85 bits per heavy atom. The zero-order chi connectivity index (χ0) is 15.2. The predicted molar refractivity (Wildman–Crippen MR) is 83.2 cm³/mol. The Balaban J connectivity index is 3.02. The van der Waals surface area contributed by atoms with Crippen LogP contribution >= 0.6 is 0 Å². The van der Waals surface area contributed by atoms with Crippen LogP contribution in [0.1, 0.15) is 39.7 Å². The molecule has 1 aromatic carbocycles. The summed E-state index contributed by atoms with van der Waals surface area (Å²) in [5.74, 6) is 0.435. The minimum Gasteiger partial charge on any atom is -0.431 e. The molecular weight excluding hydrogens is 248 g/mol. The molecule has 0 aliphatic rings. The van der Waals surface area contributed by atoms with Crippen LogP contribution in [0.15, 0.2) is 54.3 Å². The molecule has 0 amide bonds. The molecule has 20 heavy (non-hydrogen) atoms. The van der Waals surface area contributed by atoms with Gasteiger partial charge in [0.2, 0.25) is 0 Å². The van der Waals surface area contributed by atoms with Gasteiger partial charge in [0.15, 0.2) is 0 Å². The number of hydrogen-bond acceptors (Lipinski definition) is 2. The number of esters is 1. The zero-order valence-electron chi connectivity index (χ0n) is 12.9. The van der Waals surface area contributed by atoms with E-state index >= 15 is 0 Å². The normalized spacial score (nSPS) is 12.6. The summed E-state index contributed by atoms with van der Waals surface area (Å²) in [6.45, 7) is 11.5. The second kappa shape index (κ2) is 7.09. The lowest BCUT2D eigenvalue weighted by molar-refractivity contribution is -0.137. The van der Waals surface area contributed by atoms with Crippen LogP contribution in [-0.2, 0) is 16.0 Å². The van der Waals surface area contributed by atoms with E-state index < -0.39 is 0 Å². The Morgan fingerprint density at radius 3 is 2.35 bits per heavy atom. The minimum atomic E-state index is -0.281. The van der Waals surface area contributed by atoms with E-state index in [-0.39, 0.29) is 11.4 Å². The number of ether oxygens (including phenoxy) is 1. The molecule has 2 nitrogen and oxygen atoms in total. The third-order valence-electron chi connectivity index (χ3n) is 3.52. The first-order valence-electron chi connectivity index (χ1n) is 6.90. The molecule has 0 unspecified atom stereocenters. The molecule has 0 saturated carbocycles. The topological polar surface area (TPSA) is 26.3 Å². The molecule has 1 rings (SSSR count). The van der Waals surface area contributed by atoms with E-state index in [1.54, 1.807) is 6.08 Å². The number of carbonyl (C=O) groups is 1. The van der Waals surface area contributed by atoms with E-state index in [1.807, 2.05) is 25.1 Å². The van der Waals surface area contributed by atoms with E-state index in [1.165, 1.54) is 12.5 Å². The molecule has 0 aliphatic carbocycles. The number of hydrogen-bond donors (Lipinski definition) is 0. The van der Waals surface area contributed by atoms with Gasteiger partial charge in [-0.15, -0.1) is 6.58 Å². The molecule has 0 radical (unpaired) electrons. The molecule has 0 heterocycles. The largest absolute Gasteiger partial charge is 0.431 e. The fourth-order valence-corrected chi connectivity index (χ4v) is 2.19. The highest BCUT2D eigenvalue weighted by molar-refractivity contribution is 5.67. The summed E-state index contributed by atoms with van der Waals surface area (Å²) in [5, 5.41) is 0. The molecule has 108 valence electrons. The van der Waals surface area contributed by atoms with Crippen LogP contribution in [0.3, 0.4) is 0 Å². The smallest absolute Gasteiger partial charge is 0.307 e. The van der Waals surface area contributed by atoms with Gasteiger partial charge >= 0.3 is 5.97 Å². The van der Waals surface area contributed by atoms with E-state index in [0.29, 0.717) is 12.2 Å². The van der Waals surface area contributed by atoms with Crippen molar-refractivity contribution in [2.45, 2.75) is 40.5 Å². The molecule has 0 N–H and O–H groups in total. The average Bonchev–Trinajstić information content (AvgIpc) is 2.37. The van der Waals surface area contributed by atoms with Gasteiger partial charge in [0.05, 0.1) is 0 Å². The summed E-state index contributed by atoms with van der Waals surface area (Å²) in [6, 6.07) is 10.3. The monoisotopic (exact) mass is 272 g/mol. The zero-order valence-corrected chi connectivity index (χ0v) is 12.9. The van der Waals surface area contributed by atoms with Crippen LogP contribution < -0.4 is 0 Å². The quantitative estimate of drug-likeness (QED) is 0.427. The minimum absolute atomic E-state index is 0.0743. The van der Waals surface area contributed by atoms with Crippen molar-refractivity contribution in [1.82, 2.24) is 0 Å². The van der Waals surface area contributed by atoms with Gasteiger partial charge < -0.3 is 4.74 Å². The van der Waals surface area contributed by atoms with Crippen LogP contribution in [-0.4, -0.2) is 5.97 Å². The SMILES string of the molecule is C=CC/C(OC(C)=O)=C(\C)C(C)(C)Cc1ccccc1. The van der Waals surface area contributed by atoms with E-state index in [2.05, 4.69) is 32.6 Å². The van der Waals surface area contributed by atoms with Crippen LogP contribution in [0.25, 0.3) is 0 Å².